The maximum atomic E-state index is 12.0. The molecule has 5 nitrogen and oxygen atoms in total. The average Bonchev–Trinajstić information content (AvgIpc) is 2.92. The molecule has 1 N–H and O–H groups in total. The van der Waals surface area contributed by atoms with Gasteiger partial charge >= 0.3 is 5.97 Å². The zero-order valence-electron chi connectivity index (χ0n) is 14.0. The number of nitrogens with zero attached hydrogens (tertiary/aromatic N) is 1. The first kappa shape index (κ1) is 17.4. The van der Waals surface area contributed by atoms with Gasteiger partial charge in [-0.25, -0.2) is 8.42 Å². The quantitative estimate of drug-likeness (QED) is 0.878. The van der Waals surface area contributed by atoms with Crippen LogP contribution in [0.15, 0.2) is 30.3 Å². The van der Waals surface area contributed by atoms with Crippen molar-refractivity contribution in [2.75, 3.05) is 31.6 Å². The Bertz CT molecular complexity index is 703. The Hall–Kier alpha value is -1.40. The lowest BCUT2D eigenvalue weighted by Gasteiger charge is -2.38. The number of rotatable bonds is 5. The molecular weight excluding hydrogens is 326 g/mol. The number of carbonyl (C=O) groups is 1. The Balaban J connectivity index is 1.75. The van der Waals surface area contributed by atoms with E-state index in [0.717, 1.165) is 12.8 Å². The highest BCUT2D eigenvalue weighted by molar-refractivity contribution is 7.90. The molecule has 0 bridgehead atoms. The van der Waals surface area contributed by atoms with Crippen LogP contribution in [0.4, 0.5) is 0 Å². The molecule has 0 spiro atoms. The van der Waals surface area contributed by atoms with Gasteiger partial charge in [0.05, 0.1) is 11.2 Å². The maximum Gasteiger partial charge on any atom is 0.311 e. The van der Waals surface area contributed by atoms with E-state index in [-0.39, 0.29) is 11.7 Å². The molecule has 1 saturated heterocycles. The van der Waals surface area contributed by atoms with E-state index >= 15 is 0 Å². The number of carboxylic acid groups (broad SMARTS) is 1. The van der Waals surface area contributed by atoms with Gasteiger partial charge in [-0.1, -0.05) is 30.3 Å². The molecular formula is C18H25NO4S. The molecule has 0 amide bonds. The normalized spacial score (nSPS) is 30.9. The molecule has 2 aliphatic rings. The summed E-state index contributed by atoms with van der Waals surface area (Å²) in [4.78, 5) is 14.0. The van der Waals surface area contributed by atoms with Crippen LogP contribution >= 0.6 is 0 Å². The summed E-state index contributed by atoms with van der Waals surface area (Å²) in [6.45, 7) is 1.59. The summed E-state index contributed by atoms with van der Waals surface area (Å²) in [5.41, 5.74) is 0.578. The first-order valence-corrected chi connectivity index (χ1v) is 10.5. The standard InChI is InChI=1S/C18H25NO4S/c1-24(22,23)10-9-19-12-16-11-15(14-5-3-2-4-6-14)7-8-18(16,13-19)17(20)21/h2-6,15-16H,7-13H2,1H3,(H,20,21)/t15-,16-,18-/m0/s1. The molecule has 1 aliphatic heterocycles. The van der Waals surface area contributed by atoms with Crippen LogP contribution in [-0.4, -0.2) is 56.0 Å². The Morgan fingerprint density at radius 1 is 1.33 bits per heavy atom. The number of fused-ring (bicyclic) bond motifs is 1. The van der Waals surface area contributed by atoms with Gasteiger partial charge in [-0.15, -0.1) is 0 Å². The average molecular weight is 351 g/mol. The van der Waals surface area contributed by atoms with Crippen molar-refractivity contribution in [1.82, 2.24) is 4.90 Å². The van der Waals surface area contributed by atoms with Gasteiger partial charge in [0.1, 0.15) is 9.84 Å². The summed E-state index contributed by atoms with van der Waals surface area (Å²) in [5.74, 6) is -0.134. The third-order valence-corrected chi connectivity index (χ3v) is 6.67. The summed E-state index contributed by atoms with van der Waals surface area (Å²) in [5, 5.41) is 9.86. The Morgan fingerprint density at radius 3 is 2.67 bits per heavy atom. The number of sulfone groups is 1. The fourth-order valence-electron chi connectivity index (χ4n) is 4.40. The van der Waals surface area contributed by atoms with Crippen LogP contribution in [0.1, 0.15) is 30.7 Å². The first-order valence-electron chi connectivity index (χ1n) is 8.48. The molecule has 6 heteroatoms. The van der Waals surface area contributed by atoms with Crippen molar-refractivity contribution < 1.29 is 18.3 Å². The van der Waals surface area contributed by atoms with Gasteiger partial charge in [0.2, 0.25) is 0 Å². The van der Waals surface area contributed by atoms with Crippen LogP contribution < -0.4 is 0 Å². The smallest absolute Gasteiger partial charge is 0.311 e. The van der Waals surface area contributed by atoms with Gasteiger partial charge in [-0.3, -0.25) is 4.79 Å². The molecule has 1 aromatic rings. The third-order valence-electron chi connectivity index (χ3n) is 5.75. The number of likely N-dealkylation sites (tertiary alicyclic amines) is 1. The zero-order valence-corrected chi connectivity index (χ0v) is 14.8. The monoisotopic (exact) mass is 351 g/mol. The van der Waals surface area contributed by atoms with Crippen LogP contribution in [-0.2, 0) is 14.6 Å². The van der Waals surface area contributed by atoms with Crippen LogP contribution in [0.3, 0.4) is 0 Å². The summed E-state index contributed by atoms with van der Waals surface area (Å²) in [6, 6.07) is 10.3. The fourth-order valence-corrected chi connectivity index (χ4v) is 4.99. The topological polar surface area (TPSA) is 74.7 Å². The van der Waals surface area contributed by atoms with E-state index in [1.807, 2.05) is 23.1 Å². The maximum absolute atomic E-state index is 12.0. The van der Waals surface area contributed by atoms with E-state index in [4.69, 9.17) is 0 Å². The largest absolute Gasteiger partial charge is 0.481 e. The highest BCUT2D eigenvalue weighted by Gasteiger charge is 2.54. The number of hydrogen-bond donors (Lipinski definition) is 1. The fraction of sp³-hybridized carbons (Fsp3) is 0.611. The minimum atomic E-state index is -3.03. The SMILES string of the molecule is CS(=O)(=O)CCN1C[C@@H]2C[C@@H](c3ccccc3)CC[C@]2(C(=O)O)C1. The molecule has 3 atom stereocenters. The third kappa shape index (κ3) is 3.49. The zero-order chi connectivity index (χ0) is 17.4. The lowest BCUT2D eigenvalue weighted by Crippen LogP contribution is -2.42. The number of benzene rings is 1. The molecule has 1 heterocycles. The number of carboxylic acids is 1. The molecule has 0 aromatic heterocycles. The van der Waals surface area contributed by atoms with Crippen LogP contribution in [0, 0.1) is 11.3 Å². The molecule has 2 fully saturated rings. The first-order chi connectivity index (χ1) is 11.3. The van der Waals surface area contributed by atoms with Gasteiger partial charge in [-0.2, -0.15) is 0 Å². The number of hydrogen-bond acceptors (Lipinski definition) is 4. The molecule has 24 heavy (non-hydrogen) atoms. The number of aliphatic carboxylic acids is 1. The highest BCUT2D eigenvalue weighted by Crippen LogP contribution is 2.51. The van der Waals surface area contributed by atoms with Gasteiger partial charge in [0, 0.05) is 25.9 Å². The molecule has 0 radical (unpaired) electrons. The van der Waals surface area contributed by atoms with Gasteiger partial charge in [0.15, 0.2) is 0 Å². The van der Waals surface area contributed by atoms with Crippen molar-refractivity contribution in [1.29, 1.82) is 0 Å². The molecule has 3 rings (SSSR count). The van der Waals surface area contributed by atoms with Crippen LogP contribution in [0.5, 0.6) is 0 Å². The van der Waals surface area contributed by atoms with Crippen molar-refractivity contribution in [2.24, 2.45) is 11.3 Å². The van der Waals surface area contributed by atoms with Gasteiger partial charge in [0.25, 0.3) is 0 Å². The van der Waals surface area contributed by atoms with Gasteiger partial charge in [-0.05, 0) is 36.7 Å². The second-order valence-corrected chi connectivity index (χ2v) is 9.66. The molecule has 132 valence electrons. The van der Waals surface area contributed by atoms with E-state index in [0.29, 0.717) is 32.0 Å². The minimum Gasteiger partial charge on any atom is -0.481 e. The molecule has 1 aliphatic carbocycles. The van der Waals surface area contributed by atoms with Crippen molar-refractivity contribution in [3.63, 3.8) is 0 Å². The summed E-state index contributed by atoms with van der Waals surface area (Å²) in [6.07, 6.45) is 3.65. The van der Waals surface area contributed by atoms with Gasteiger partial charge < -0.3 is 10.0 Å². The Labute approximate surface area is 143 Å². The minimum absolute atomic E-state index is 0.0912. The lowest BCUT2D eigenvalue weighted by atomic mass is 9.64. The van der Waals surface area contributed by atoms with Crippen molar-refractivity contribution >= 4 is 15.8 Å². The van der Waals surface area contributed by atoms with E-state index in [1.54, 1.807) is 0 Å². The van der Waals surface area contributed by atoms with E-state index in [2.05, 4.69) is 12.1 Å². The Morgan fingerprint density at radius 2 is 2.04 bits per heavy atom. The summed E-state index contributed by atoms with van der Waals surface area (Å²) >= 11 is 0. The molecule has 0 unspecified atom stereocenters. The Kier molecular flexibility index (Phi) is 4.71. The lowest BCUT2D eigenvalue weighted by molar-refractivity contribution is -0.152. The van der Waals surface area contributed by atoms with Crippen LogP contribution in [0.2, 0.25) is 0 Å². The second kappa shape index (κ2) is 6.48. The van der Waals surface area contributed by atoms with Crippen molar-refractivity contribution in [3.8, 4) is 0 Å². The summed E-state index contributed by atoms with van der Waals surface area (Å²) < 4.78 is 22.8. The van der Waals surface area contributed by atoms with E-state index in [9.17, 15) is 18.3 Å². The predicted molar refractivity (Wildman–Crippen MR) is 92.7 cm³/mol. The second-order valence-electron chi connectivity index (χ2n) is 7.41. The predicted octanol–water partition coefficient (Wildman–Crippen LogP) is 2.00. The van der Waals surface area contributed by atoms with E-state index < -0.39 is 21.2 Å². The van der Waals surface area contributed by atoms with Crippen molar-refractivity contribution in [3.05, 3.63) is 35.9 Å². The molecule has 1 aromatic carbocycles. The van der Waals surface area contributed by atoms with Crippen molar-refractivity contribution in [2.45, 2.75) is 25.2 Å². The summed E-state index contributed by atoms with van der Waals surface area (Å²) in [7, 11) is -3.03. The molecule has 1 saturated carbocycles. The van der Waals surface area contributed by atoms with E-state index in [1.165, 1.54) is 11.8 Å². The highest BCUT2D eigenvalue weighted by atomic mass is 32.2. The van der Waals surface area contributed by atoms with Crippen LogP contribution in [0.25, 0.3) is 0 Å².